The maximum atomic E-state index is 10.3. The summed E-state index contributed by atoms with van der Waals surface area (Å²) in [6.07, 6.45) is -0.844. The lowest BCUT2D eigenvalue weighted by Crippen LogP contribution is -2.16. The van der Waals surface area contributed by atoms with Gasteiger partial charge < -0.3 is 14.9 Å². The minimum absolute atomic E-state index is 0.260. The molecule has 1 atom stereocenters. The summed E-state index contributed by atoms with van der Waals surface area (Å²) >= 11 is 5.69. The van der Waals surface area contributed by atoms with Crippen LogP contribution in [0.3, 0.4) is 0 Å². The highest BCUT2D eigenvalue weighted by molar-refractivity contribution is 6.30. The number of benzene rings is 1. The van der Waals surface area contributed by atoms with Crippen molar-refractivity contribution < 1.29 is 19.7 Å². The van der Waals surface area contributed by atoms with Gasteiger partial charge in [0, 0.05) is 11.4 Å². The van der Waals surface area contributed by atoms with Gasteiger partial charge in [-0.3, -0.25) is 4.79 Å². The predicted octanol–water partition coefficient (Wildman–Crippen LogP) is 1.94. The topological polar surface area (TPSA) is 66.8 Å². The maximum absolute atomic E-state index is 10.3. The summed E-state index contributed by atoms with van der Waals surface area (Å²) in [6, 6.07) is 6.83. The van der Waals surface area contributed by atoms with Crippen molar-refractivity contribution in [2.75, 3.05) is 6.61 Å². The Labute approximate surface area is 98.4 Å². The monoisotopic (exact) mass is 244 g/mol. The number of halogens is 1. The lowest BCUT2D eigenvalue weighted by molar-refractivity contribution is -0.139. The molecule has 16 heavy (non-hydrogen) atoms. The van der Waals surface area contributed by atoms with Crippen LogP contribution in [0.5, 0.6) is 5.75 Å². The standard InChI is InChI=1S/C11H13ClO4/c12-8-1-3-10(4-2-8)16-6-5-9(13)7-11(14)15/h1-4,9,13H,5-7H2,(H,14,15). The summed E-state index contributed by atoms with van der Waals surface area (Å²) in [6.45, 7) is 0.274. The van der Waals surface area contributed by atoms with Crippen molar-refractivity contribution in [3.05, 3.63) is 29.3 Å². The molecule has 0 aromatic heterocycles. The van der Waals surface area contributed by atoms with E-state index in [4.69, 9.17) is 21.4 Å². The van der Waals surface area contributed by atoms with E-state index < -0.39 is 12.1 Å². The zero-order valence-electron chi connectivity index (χ0n) is 8.60. The summed E-state index contributed by atoms with van der Waals surface area (Å²) in [5.74, 6) is -0.370. The molecule has 1 aromatic carbocycles. The molecule has 0 fully saturated rings. The Balaban J connectivity index is 2.25. The van der Waals surface area contributed by atoms with Crippen LogP contribution in [0.1, 0.15) is 12.8 Å². The molecule has 1 unspecified atom stereocenters. The highest BCUT2D eigenvalue weighted by atomic mass is 35.5. The van der Waals surface area contributed by atoms with Crippen molar-refractivity contribution in [1.29, 1.82) is 0 Å². The second-order valence-electron chi connectivity index (χ2n) is 3.34. The van der Waals surface area contributed by atoms with E-state index in [1.165, 1.54) is 0 Å². The number of hydrogen-bond acceptors (Lipinski definition) is 3. The molecule has 0 saturated heterocycles. The number of aliphatic carboxylic acids is 1. The first-order valence-electron chi connectivity index (χ1n) is 4.86. The van der Waals surface area contributed by atoms with Crippen molar-refractivity contribution >= 4 is 17.6 Å². The van der Waals surface area contributed by atoms with Crippen molar-refractivity contribution in [3.63, 3.8) is 0 Å². The number of aliphatic hydroxyl groups excluding tert-OH is 1. The fraction of sp³-hybridized carbons (Fsp3) is 0.364. The van der Waals surface area contributed by atoms with Crippen LogP contribution in [0.25, 0.3) is 0 Å². The summed E-state index contributed by atoms with van der Waals surface area (Å²) in [7, 11) is 0. The van der Waals surface area contributed by atoms with Gasteiger partial charge in [-0.2, -0.15) is 0 Å². The van der Waals surface area contributed by atoms with Crippen LogP contribution in [-0.4, -0.2) is 28.9 Å². The van der Waals surface area contributed by atoms with Gasteiger partial charge in [0.2, 0.25) is 0 Å². The van der Waals surface area contributed by atoms with Gasteiger partial charge in [0.25, 0.3) is 0 Å². The first-order chi connectivity index (χ1) is 7.58. The molecule has 0 spiro atoms. The van der Waals surface area contributed by atoms with Gasteiger partial charge in [0.05, 0.1) is 19.1 Å². The third-order valence-electron chi connectivity index (χ3n) is 1.94. The van der Waals surface area contributed by atoms with Crippen LogP contribution < -0.4 is 4.74 Å². The Bertz CT molecular complexity index is 336. The van der Waals surface area contributed by atoms with Crippen LogP contribution in [0, 0.1) is 0 Å². The van der Waals surface area contributed by atoms with E-state index in [1.54, 1.807) is 24.3 Å². The number of carboxylic acid groups (broad SMARTS) is 1. The van der Waals surface area contributed by atoms with Crippen molar-refractivity contribution in [3.8, 4) is 5.75 Å². The first-order valence-corrected chi connectivity index (χ1v) is 5.24. The third-order valence-corrected chi connectivity index (χ3v) is 2.20. The van der Waals surface area contributed by atoms with E-state index >= 15 is 0 Å². The second kappa shape index (κ2) is 6.35. The molecule has 0 aliphatic carbocycles. The molecule has 1 aromatic rings. The Morgan fingerprint density at radius 1 is 1.38 bits per heavy atom. The molecule has 2 N–H and O–H groups in total. The van der Waals surface area contributed by atoms with Crippen LogP contribution in [0.4, 0.5) is 0 Å². The fourth-order valence-corrected chi connectivity index (χ4v) is 1.27. The van der Waals surface area contributed by atoms with E-state index in [0.29, 0.717) is 10.8 Å². The average Bonchev–Trinajstić information content (AvgIpc) is 2.20. The number of carboxylic acids is 1. The van der Waals surface area contributed by atoms with Gasteiger partial charge in [0.1, 0.15) is 5.75 Å². The van der Waals surface area contributed by atoms with E-state index in [0.717, 1.165) is 0 Å². The summed E-state index contributed by atoms with van der Waals surface area (Å²) in [5, 5.41) is 18.3. The Morgan fingerprint density at radius 3 is 2.56 bits per heavy atom. The van der Waals surface area contributed by atoms with Crippen LogP contribution in [0.2, 0.25) is 5.02 Å². The van der Waals surface area contributed by atoms with Gasteiger partial charge in [0.15, 0.2) is 0 Å². The van der Waals surface area contributed by atoms with E-state index in [9.17, 15) is 9.90 Å². The number of rotatable bonds is 6. The largest absolute Gasteiger partial charge is 0.493 e. The number of hydrogen-bond donors (Lipinski definition) is 2. The zero-order valence-corrected chi connectivity index (χ0v) is 9.35. The van der Waals surface area contributed by atoms with Gasteiger partial charge in [-0.15, -0.1) is 0 Å². The zero-order chi connectivity index (χ0) is 12.0. The smallest absolute Gasteiger partial charge is 0.305 e. The molecule has 88 valence electrons. The SMILES string of the molecule is O=C(O)CC(O)CCOc1ccc(Cl)cc1. The van der Waals surface area contributed by atoms with Crippen molar-refractivity contribution in [2.24, 2.45) is 0 Å². The molecule has 5 heteroatoms. The number of carbonyl (C=O) groups is 1. The lowest BCUT2D eigenvalue weighted by Gasteiger charge is -2.09. The average molecular weight is 245 g/mol. The predicted molar refractivity (Wildman–Crippen MR) is 59.8 cm³/mol. The van der Waals surface area contributed by atoms with Crippen molar-refractivity contribution in [2.45, 2.75) is 18.9 Å². The highest BCUT2D eigenvalue weighted by Crippen LogP contribution is 2.15. The van der Waals surface area contributed by atoms with Gasteiger partial charge in [-0.05, 0) is 24.3 Å². The van der Waals surface area contributed by atoms with Crippen LogP contribution >= 0.6 is 11.6 Å². The summed E-state index contributed by atoms with van der Waals surface area (Å²) in [4.78, 5) is 10.3. The van der Waals surface area contributed by atoms with Crippen LogP contribution in [-0.2, 0) is 4.79 Å². The molecule has 0 heterocycles. The molecular weight excluding hydrogens is 232 g/mol. The molecule has 0 saturated carbocycles. The van der Waals surface area contributed by atoms with Gasteiger partial charge in [-0.25, -0.2) is 0 Å². The molecule has 1 rings (SSSR count). The Morgan fingerprint density at radius 2 is 2.00 bits per heavy atom. The number of aliphatic hydroxyl groups is 1. The summed E-state index contributed by atoms with van der Waals surface area (Å²) in [5.41, 5.74) is 0. The Hall–Kier alpha value is -1.26. The third kappa shape index (κ3) is 5.00. The minimum Gasteiger partial charge on any atom is -0.493 e. The van der Waals surface area contributed by atoms with Gasteiger partial charge >= 0.3 is 5.97 Å². The van der Waals surface area contributed by atoms with Crippen LogP contribution in [0.15, 0.2) is 24.3 Å². The molecule has 4 nitrogen and oxygen atoms in total. The Kier molecular flexibility index (Phi) is 5.08. The highest BCUT2D eigenvalue weighted by Gasteiger charge is 2.09. The van der Waals surface area contributed by atoms with E-state index in [1.807, 2.05) is 0 Å². The molecule has 0 aliphatic heterocycles. The molecule has 0 bridgehead atoms. The fourth-order valence-electron chi connectivity index (χ4n) is 1.15. The minimum atomic E-state index is -1.01. The summed E-state index contributed by atoms with van der Waals surface area (Å²) < 4.78 is 5.30. The number of ether oxygens (including phenoxy) is 1. The molecule has 0 amide bonds. The van der Waals surface area contributed by atoms with E-state index in [2.05, 4.69) is 0 Å². The first kappa shape index (κ1) is 12.8. The van der Waals surface area contributed by atoms with E-state index in [-0.39, 0.29) is 19.4 Å². The maximum Gasteiger partial charge on any atom is 0.305 e. The quantitative estimate of drug-likeness (QED) is 0.803. The van der Waals surface area contributed by atoms with Gasteiger partial charge in [-0.1, -0.05) is 11.6 Å². The van der Waals surface area contributed by atoms with Crippen molar-refractivity contribution in [1.82, 2.24) is 0 Å². The molecular formula is C11H13ClO4. The molecule has 0 aliphatic rings. The second-order valence-corrected chi connectivity index (χ2v) is 3.78. The molecule has 0 radical (unpaired) electrons. The normalized spacial score (nSPS) is 12.1. The lowest BCUT2D eigenvalue weighted by atomic mass is 10.2.